The number of urea groups is 1. The van der Waals surface area contributed by atoms with Crippen molar-refractivity contribution in [1.29, 1.82) is 0 Å². The van der Waals surface area contributed by atoms with Gasteiger partial charge in [0.05, 0.1) is 11.6 Å². The van der Waals surface area contributed by atoms with Gasteiger partial charge in [-0.2, -0.15) is 0 Å². The Labute approximate surface area is 178 Å². The number of esters is 1. The molecule has 1 heterocycles. The van der Waals surface area contributed by atoms with E-state index in [1.165, 1.54) is 13.1 Å². The first-order valence-corrected chi connectivity index (χ1v) is 9.78. The van der Waals surface area contributed by atoms with Crippen LogP contribution in [-0.2, 0) is 14.3 Å². The van der Waals surface area contributed by atoms with Crippen molar-refractivity contribution >= 4 is 46.8 Å². The minimum Gasteiger partial charge on any atom is -0.431 e. The van der Waals surface area contributed by atoms with E-state index in [0.717, 1.165) is 9.80 Å². The van der Waals surface area contributed by atoms with Gasteiger partial charge >= 0.3 is 12.0 Å². The van der Waals surface area contributed by atoms with Crippen LogP contribution >= 0.6 is 23.2 Å². The standard InChI is InChI=1S/C21H20Cl2N2O4/c1-12(2)17(13-7-9-14(22)10-8-13)20(27)29-19-18(26)24(3)21(28)25(19)16-6-4-5-15(23)11-16/h4-12,17,19H,1-3H3/t17-,19-/m1/s1. The van der Waals surface area contributed by atoms with Crippen LogP contribution in [0.15, 0.2) is 48.5 Å². The van der Waals surface area contributed by atoms with Gasteiger partial charge in [-0.1, -0.05) is 55.2 Å². The number of imide groups is 1. The normalized spacial score (nSPS) is 17.8. The summed E-state index contributed by atoms with van der Waals surface area (Å²) in [4.78, 5) is 40.3. The molecule has 0 aromatic heterocycles. The molecule has 0 saturated carbocycles. The fraction of sp³-hybridized carbons (Fsp3) is 0.286. The lowest BCUT2D eigenvalue weighted by Crippen LogP contribution is -2.40. The van der Waals surface area contributed by atoms with Crippen LogP contribution in [0.4, 0.5) is 10.5 Å². The molecule has 3 rings (SSSR count). The lowest BCUT2D eigenvalue weighted by molar-refractivity contribution is -0.158. The van der Waals surface area contributed by atoms with E-state index in [0.29, 0.717) is 21.3 Å². The number of rotatable bonds is 5. The van der Waals surface area contributed by atoms with Crippen LogP contribution in [0.1, 0.15) is 25.3 Å². The fourth-order valence-electron chi connectivity index (χ4n) is 3.25. The lowest BCUT2D eigenvalue weighted by atomic mass is 9.88. The SMILES string of the molecule is CC(C)[C@@H](C(=O)O[C@@H]1C(=O)N(C)C(=O)N1c1cccc(Cl)c1)c1ccc(Cl)cc1. The average molecular weight is 435 g/mol. The summed E-state index contributed by atoms with van der Waals surface area (Å²) >= 11 is 12.0. The summed E-state index contributed by atoms with van der Waals surface area (Å²) in [6.45, 7) is 3.76. The number of hydrogen-bond acceptors (Lipinski definition) is 4. The smallest absolute Gasteiger partial charge is 0.334 e. The topological polar surface area (TPSA) is 66.9 Å². The number of carbonyl (C=O) groups excluding carboxylic acids is 3. The van der Waals surface area contributed by atoms with Gasteiger partial charge in [0, 0.05) is 17.1 Å². The molecule has 29 heavy (non-hydrogen) atoms. The molecule has 8 heteroatoms. The number of likely N-dealkylation sites (N-methyl/N-ethyl adjacent to an activating group) is 1. The van der Waals surface area contributed by atoms with E-state index in [-0.39, 0.29) is 5.92 Å². The molecule has 0 spiro atoms. The van der Waals surface area contributed by atoms with Gasteiger partial charge in [-0.05, 0) is 41.8 Å². The first-order valence-electron chi connectivity index (χ1n) is 9.03. The first kappa shape index (κ1) is 21.1. The van der Waals surface area contributed by atoms with Gasteiger partial charge in [0.25, 0.3) is 12.1 Å². The Morgan fingerprint density at radius 3 is 2.28 bits per heavy atom. The Bertz CT molecular complexity index is 946. The van der Waals surface area contributed by atoms with Gasteiger partial charge in [-0.25, -0.2) is 9.69 Å². The van der Waals surface area contributed by atoms with E-state index >= 15 is 0 Å². The van der Waals surface area contributed by atoms with Gasteiger partial charge in [-0.3, -0.25) is 14.5 Å². The van der Waals surface area contributed by atoms with Crippen LogP contribution in [-0.4, -0.2) is 36.1 Å². The van der Waals surface area contributed by atoms with E-state index in [2.05, 4.69) is 0 Å². The Hall–Kier alpha value is -2.57. The van der Waals surface area contributed by atoms with Crippen molar-refractivity contribution in [2.24, 2.45) is 5.92 Å². The number of ether oxygens (including phenoxy) is 1. The second-order valence-corrected chi connectivity index (χ2v) is 7.97. The molecule has 0 N–H and O–H groups in total. The van der Waals surface area contributed by atoms with Crippen molar-refractivity contribution in [1.82, 2.24) is 4.90 Å². The zero-order valence-corrected chi connectivity index (χ0v) is 17.6. The third-order valence-electron chi connectivity index (χ3n) is 4.73. The molecule has 2 atom stereocenters. The second-order valence-electron chi connectivity index (χ2n) is 7.09. The molecule has 1 fully saturated rings. The number of anilines is 1. The van der Waals surface area contributed by atoms with Gasteiger partial charge in [-0.15, -0.1) is 0 Å². The van der Waals surface area contributed by atoms with E-state index in [1.54, 1.807) is 42.5 Å². The maximum absolute atomic E-state index is 13.0. The number of nitrogens with zero attached hydrogens (tertiary/aromatic N) is 2. The third kappa shape index (κ3) is 4.23. The van der Waals surface area contributed by atoms with E-state index in [9.17, 15) is 14.4 Å². The molecule has 0 aliphatic carbocycles. The monoisotopic (exact) mass is 434 g/mol. The molecule has 0 unspecified atom stereocenters. The predicted octanol–water partition coefficient (Wildman–Crippen LogP) is 4.70. The largest absolute Gasteiger partial charge is 0.431 e. The Morgan fingerprint density at radius 1 is 1.03 bits per heavy atom. The molecule has 2 aromatic carbocycles. The van der Waals surface area contributed by atoms with Crippen LogP contribution in [0.3, 0.4) is 0 Å². The number of hydrogen-bond donors (Lipinski definition) is 0. The van der Waals surface area contributed by atoms with E-state index in [1.807, 2.05) is 13.8 Å². The fourth-order valence-corrected chi connectivity index (χ4v) is 3.56. The molecule has 2 aromatic rings. The van der Waals surface area contributed by atoms with Crippen LogP contribution in [0, 0.1) is 5.92 Å². The van der Waals surface area contributed by atoms with Crippen molar-refractivity contribution in [3.63, 3.8) is 0 Å². The number of carbonyl (C=O) groups is 3. The third-order valence-corrected chi connectivity index (χ3v) is 5.22. The average Bonchev–Trinajstić information content (AvgIpc) is 2.87. The molecule has 3 amide bonds. The Morgan fingerprint density at radius 2 is 1.69 bits per heavy atom. The van der Waals surface area contributed by atoms with Crippen LogP contribution in [0.2, 0.25) is 10.0 Å². The van der Waals surface area contributed by atoms with Crippen molar-refractivity contribution in [2.45, 2.75) is 26.0 Å². The minimum absolute atomic E-state index is 0.103. The predicted molar refractivity (Wildman–Crippen MR) is 111 cm³/mol. The van der Waals surface area contributed by atoms with Crippen LogP contribution < -0.4 is 4.90 Å². The maximum atomic E-state index is 13.0. The highest BCUT2D eigenvalue weighted by Crippen LogP contribution is 2.32. The molecular formula is C21H20Cl2N2O4. The summed E-state index contributed by atoms with van der Waals surface area (Å²) in [7, 11) is 1.34. The molecule has 152 valence electrons. The highest BCUT2D eigenvalue weighted by Gasteiger charge is 2.47. The van der Waals surface area contributed by atoms with Crippen molar-refractivity contribution < 1.29 is 19.1 Å². The van der Waals surface area contributed by atoms with Gasteiger partial charge in [0.1, 0.15) is 0 Å². The number of halogens is 2. The molecule has 1 aliphatic heterocycles. The highest BCUT2D eigenvalue weighted by atomic mass is 35.5. The Kier molecular flexibility index (Phi) is 6.15. The summed E-state index contributed by atoms with van der Waals surface area (Å²) in [6.07, 6.45) is -1.40. The van der Waals surface area contributed by atoms with Crippen molar-refractivity contribution in [2.75, 3.05) is 11.9 Å². The van der Waals surface area contributed by atoms with E-state index < -0.39 is 30.1 Å². The molecular weight excluding hydrogens is 415 g/mol. The zero-order valence-electron chi connectivity index (χ0n) is 16.1. The number of benzene rings is 2. The summed E-state index contributed by atoms with van der Waals surface area (Å²) in [6, 6.07) is 12.7. The molecule has 1 aliphatic rings. The first-order chi connectivity index (χ1) is 13.7. The molecule has 0 radical (unpaired) electrons. The summed E-state index contributed by atoms with van der Waals surface area (Å²) < 4.78 is 5.58. The van der Waals surface area contributed by atoms with Crippen molar-refractivity contribution in [3.05, 3.63) is 64.1 Å². The molecule has 6 nitrogen and oxygen atoms in total. The maximum Gasteiger partial charge on any atom is 0.334 e. The lowest BCUT2D eigenvalue weighted by Gasteiger charge is -2.25. The van der Waals surface area contributed by atoms with Gasteiger partial charge in [0.2, 0.25) is 0 Å². The van der Waals surface area contributed by atoms with Crippen LogP contribution in [0.25, 0.3) is 0 Å². The summed E-state index contributed by atoms with van der Waals surface area (Å²) in [5.74, 6) is -1.95. The quantitative estimate of drug-likeness (QED) is 0.505. The van der Waals surface area contributed by atoms with E-state index in [4.69, 9.17) is 27.9 Å². The summed E-state index contributed by atoms with van der Waals surface area (Å²) in [5.41, 5.74) is 1.08. The van der Waals surface area contributed by atoms with Crippen molar-refractivity contribution in [3.8, 4) is 0 Å². The van der Waals surface area contributed by atoms with Gasteiger partial charge < -0.3 is 4.74 Å². The number of amides is 3. The molecule has 0 bridgehead atoms. The highest BCUT2D eigenvalue weighted by molar-refractivity contribution is 6.31. The Balaban J connectivity index is 1.92. The summed E-state index contributed by atoms with van der Waals surface area (Å²) in [5, 5.41) is 0.943. The second kappa shape index (κ2) is 8.43. The minimum atomic E-state index is -1.40. The zero-order chi connectivity index (χ0) is 21.3. The van der Waals surface area contributed by atoms with Crippen LogP contribution in [0.5, 0.6) is 0 Å². The molecule has 1 saturated heterocycles. The van der Waals surface area contributed by atoms with Gasteiger partial charge in [0.15, 0.2) is 0 Å².